The monoisotopic (exact) mass is 301 g/mol. The molecule has 0 amide bonds. The van der Waals surface area contributed by atoms with Crippen LogP contribution in [0, 0.1) is 5.82 Å². The fourth-order valence-electron chi connectivity index (χ4n) is 1.49. The summed E-state index contributed by atoms with van der Waals surface area (Å²) in [5, 5.41) is 4.24. The summed E-state index contributed by atoms with van der Waals surface area (Å²) in [5.74, 6) is 0.320. The standard InChI is InChI=1S/C12H13ClFN3OS/c1-18-5-4-15-12-16-11(17-19-12)6-8-2-3-9(14)7-10(8)13/h2-3,7H,4-6H2,1H3,(H,15,16,17). The molecule has 1 N–H and O–H groups in total. The third-order valence-corrected chi connectivity index (χ3v) is 3.48. The molecule has 0 aliphatic rings. The van der Waals surface area contributed by atoms with Crippen LogP contribution in [-0.4, -0.2) is 29.6 Å². The number of nitrogens with zero attached hydrogens (tertiary/aromatic N) is 2. The van der Waals surface area contributed by atoms with Crippen LogP contribution in [0.5, 0.6) is 0 Å². The van der Waals surface area contributed by atoms with Crippen LogP contribution in [0.3, 0.4) is 0 Å². The van der Waals surface area contributed by atoms with E-state index in [0.717, 1.165) is 10.7 Å². The molecule has 0 aliphatic carbocycles. The number of methoxy groups -OCH3 is 1. The van der Waals surface area contributed by atoms with E-state index in [1.165, 1.54) is 23.7 Å². The topological polar surface area (TPSA) is 47.0 Å². The van der Waals surface area contributed by atoms with Crippen molar-refractivity contribution in [3.63, 3.8) is 0 Å². The minimum Gasteiger partial charge on any atom is -0.383 e. The predicted octanol–water partition coefficient (Wildman–Crippen LogP) is 2.98. The lowest BCUT2D eigenvalue weighted by Crippen LogP contribution is -2.07. The average Bonchev–Trinajstić information content (AvgIpc) is 2.81. The van der Waals surface area contributed by atoms with Gasteiger partial charge in [0, 0.05) is 36.6 Å². The Labute approximate surface area is 119 Å². The van der Waals surface area contributed by atoms with Gasteiger partial charge in [-0.3, -0.25) is 0 Å². The Balaban J connectivity index is 1.99. The van der Waals surface area contributed by atoms with Gasteiger partial charge in [-0.2, -0.15) is 4.37 Å². The summed E-state index contributed by atoms with van der Waals surface area (Å²) in [7, 11) is 1.64. The highest BCUT2D eigenvalue weighted by Crippen LogP contribution is 2.21. The molecule has 0 fully saturated rings. The summed E-state index contributed by atoms with van der Waals surface area (Å²) in [6.45, 7) is 1.29. The third-order valence-electron chi connectivity index (χ3n) is 2.41. The minimum atomic E-state index is -0.345. The Morgan fingerprint density at radius 1 is 1.47 bits per heavy atom. The first kappa shape index (κ1) is 14.2. The SMILES string of the molecule is COCCNc1nc(Cc2ccc(F)cc2Cl)ns1. The summed E-state index contributed by atoms with van der Waals surface area (Å²) in [6, 6.07) is 4.32. The zero-order valence-corrected chi connectivity index (χ0v) is 11.9. The van der Waals surface area contributed by atoms with Crippen molar-refractivity contribution in [1.82, 2.24) is 9.36 Å². The quantitative estimate of drug-likeness (QED) is 0.833. The van der Waals surface area contributed by atoms with Gasteiger partial charge in [0.25, 0.3) is 0 Å². The van der Waals surface area contributed by atoms with E-state index in [1.807, 2.05) is 0 Å². The van der Waals surface area contributed by atoms with Crippen LogP contribution in [0.2, 0.25) is 5.02 Å². The molecule has 0 unspecified atom stereocenters. The summed E-state index contributed by atoms with van der Waals surface area (Å²) >= 11 is 7.25. The molecule has 4 nitrogen and oxygen atoms in total. The van der Waals surface area contributed by atoms with Gasteiger partial charge in [-0.15, -0.1) is 0 Å². The number of halogens is 2. The van der Waals surface area contributed by atoms with E-state index in [1.54, 1.807) is 13.2 Å². The molecular weight excluding hydrogens is 289 g/mol. The van der Waals surface area contributed by atoms with Crippen LogP contribution in [-0.2, 0) is 11.2 Å². The van der Waals surface area contributed by atoms with Crippen molar-refractivity contribution in [3.8, 4) is 0 Å². The van der Waals surface area contributed by atoms with E-state index in [-0.39, 0.29) is 5.82 Å². The molecule has 0 atom stereocenters. The Morgan fingerprint density at radius 3 is 3.05 bits per heavy atom. The number of anilines is 1. The fraction of sp³-hybridized carbons (Fsp3) is 0.333. The van der Waals surface area contributed by atoms with E-state index in [4.69, 9.17) is 16.3 Å². The van der Waals surface area contributed by atoms with Crippen LogP contribution in [0.25, 0.3) is 0 Å². The first-order valence-corrected chi connectivity index (χ1v) is 6.83. The molecule has 2 rings (SSSR count). The smallest absolute Gasteiger partial charge is 0.202 e. The highest BCUT2D eigenvalue weighted by atomic mass is 35.5. The lowest BCUT2D eigenvalue weighted by Gasteiger charge is -2.01. The molecule has 0 saturated carbocycles. The molecular formula is C12H13ClFN3OS. The molecule has 2 aromatic rings. The normalized spacial score (nSPS) is 10.7. The number of benzene rings is 1. The fourth-order valence-corrected chi connectivity index (χ4v) is 2.34. The van der Waals surface area contributed by atoms with Crippen molar-refractivity contribution in [3.05, 3.63) is 40.4 Å². The van der Waals surface area contributed by atoms with E-state index in [0.29, 0.717) is 30.4 Å². The lowest BCUT2D eigenvalue weighted by atomic mass is 10.1. The van der Waals surface area contributed by atoms with Crippen molar-refractivity contribution < 1.29 is 9.13 Å². The van der Waals surface area contributed by atoms with E-state index in [9.17, 15) is 4.39 Å². The van der Waals surface area contributed by atoms with E-state index in [2.05, 4.69) is 14.7 Å². The van der Waals surface area contributed by atoms with E-state index < -0.39 is 0 Å². The van der Waals surface area contributed by atoms with Gasteiger partial charge in [-0.25, -0.2) is 9.37 Å². The van der Waals surface area contributed by atoms with Crippen LogP contribution in [0.1, 0.15) is 11.4 Å². The first-order valence-electron chi connectivity index (χ1n) is 5.68. The zero-order valence-electron chi connectivity index (χ0n) is 10.3. The van der Waals surface area contributed by atoms with Crippen molar-refractivity contribution in [2.45, 2.75) is 6.42 Å². The van der Waals surface area contributed by atoms with Gasteiger partial charge < -0.3 is 10.1 Å². The second-order valence-corrected chi connectivity index (χ2v) is 5.01. The van der Waals surface area contributed by atoms with Crippen molar-refractivity contribution in [2.24, 2.45) is 0 Å². The minimum absolute atomic E-state index is 0.345. The van der Waals surface area contributed by atoms with Gasteiger partial charge in [0.15, 0.2) is 0 Å². The summed E-state index contributed by atoms with van der Waals surface area (Å²) in [4.78, 5) is 4.33. The molecule has 102 valence electrons. The molecule has 0 spiro atoms. The number of nitrogens with one attached hydrogen (secondary N) is 1. The molecule has 1 aromatic carbocycles. The second kappa shape index (κ2) is 6.79. The molecule has 1 heterocycles. The third kappa shape index (κ3) is 4.12. The van der Waals surface area contributed by atoms with Gasteiger partial charge in [0.2, 0.25) is 5.13 Å². The molecule has 0 bridgehead atoms. The van der Waals surface area contributed by atoms with Gasteiger partial charge in [-0.05, 0) is 17.7 Å². The van der Waals surface area contributed by atoms with Crippen LogP contribution >= 0.6 is 23.1 Å². The van der Waals surface area contributed by atoms with Crippen molar-refractivity contribution in [1.29, 1.82) is 0 Å². The molecule has 0 saturated heterocycles. The molecule has 1 aromatic heterocycles. The molecule has 0 aliphatic heterocycles. The summed E-state index contributed by atoms with van der Waals surface area (Å²) in [5.41, 5.74) is 0.810. The molecule has 19 heavy (non-hydrogen) atoms. The number of hydrogen-bond donors (Lipinski definition) is 1. The van der Waals surface area contributed by atoms with Gasteiger partial charge >= 0.3 is 0 Å². The maximum Gasteiger partial charge on any atom is 0.202 e. The number of ether oxygens (including phenoxy) is 1. The number of aromatic nitrogens is 2. The summed E-state index contributed by atoms with van der Waals surface area (Å²) < 4.78 is 22.1. The molecule has 0 radical (unpaired) electrons. The Morgan fingerprint density at radius 2 is 2.32 bits per heavy atom. The van der Waals surface area contributed by atoms with Gasteiger partial charge in [0.05, 0.1) is 6.61 Å². The number of rotatable bonds is 6. The van der Waals surface area contributed by atoms with Crippen LogP contribution in [0.15, 0.2) is 18.2 Å². The Kier molecular flexibility index (Phi) is 5.07. The first-order chi connectivity index (χ1) is 9.19. The van der Waals surface area contributed by atoms with Crippen LogP contribution < -0.4 is 5.32 Å². The highest BCUT2D eigenvalue weighted by Gasteiger charge is 2.08. The van der Waals surface area contributed by atoms with Crippen LogP contribution in [0.4, 0.5) is 9.52 Å². The van der Waals surface area contributed by atoms with Gasteiger partial charge in [0.1, 0.15) is 11.6 Å². The number of hydrogen-bond acceptors (Lipinski definition) is 5. The highest BCUT2D eigenvalue weighted by molar-refractivity contribution is 7.09. The zero-order chi connectivity index (χ0) is 13.7. The average molecular weight is 302 g/mol. The molecule has 7 heteroatoms. The van der Waals surface area contributed by atoms with Gasteiger partial charge in [-0.1, -0.05) is 17.7 Å². The maximum atomic E-state index is 12.9. The predicted molar refractivity (Wildman–Crippen MR) is 74.5 cm³/mol. The largest absolute Gasteiger partial charge is 0.383 e. The van der Waals surface area contributed by atoms with E-state index >= 15 is 0 Å². The second-order valence-electron chi connectivity index (χ2n) is 3.85. The Hall–Kier alpha value is -1.24. The van der Waals surface area contributed by atoms with Crippen molar-refractivity contribution in [2.75, 3.05) is 25.6 Å². The van der Waals surface area contributed by atoms with Crippen molar-refractivity contribution >= 4 is 28.3 Å². The lowest BCUT2D eigenvalue weighted by molar-refractivity contribution is 0.211. The Bertz CT molecular complexity index is 550. The maximum absolute atomic E-state index is 12.9. The summed E-state index contributed by atoms with van der Waals surface area (Å²) in [6.07, 6.45) is 0.488.